The lowest BCUT2D eigenvalue weighted by molar-refractivity contribution is -0.118. The van der Waals surface area contributed by atoms with Crippen LogP contribution in [-0.4, -0.2) is 11.9 Å². The summed E-state index contributed by atoms with van der Waals surface area (Å²) in [5, 5.41) is 5.69. The summed E-state index contributed by atoms with van der Waals surface area (Å²) in [5.74, 6) is 0.113. The molecule has 0 saturated heterocycles. The number of furan rings is 1. The van der Waals surface area contributed by atoms with Gasteiger partial charge in [-0.1, -0.05) is 54.1 Å². The van der Waals surface area contributed by atoms with Crippen LogP contribution in [0.15, 0.2) is 89.7 Å². The number of ether oxygens (including phenoxy) is 1. The van der Waals surface area contributed by atoms with Gasteiger partial charge < -0.3 is 14.5 Å². The van der Waals surface area contributed by atoms with Crippen molar-refractivity contribution in [2.24, 2.45) is 0 Å². The molecule has 1 N–H and O–H groups in total. The number of rotatable bonds is 7. The molecule has 2 atom stereocenters. The van der Waals surface area contributed by atoms with Crippen LogP contribution >= 0.6 is 0 Å². The molecule has 3 aromatic carbocycles. The Hall–Kier alpha value is -4.05. The smallest absolute Gasteiger partial charge is 0.141 e. The molecule has 0 saturated carbocycles. The van der Waals surface area contributed by atoms with E-state index in [9.17, 15) is 4.79 Å². The van der Waals surface area contributed by atoms with Gasteiger partial charge in [0.1, 0.15) is 23.1 Å². The molecule has 0 radical (unpaired) electrons. The minimum absolute atomic E-state index is 0.0881. The number of hydrogen-bond donors (Lipinski definition) is 1. The Morgan fingerprint density at radius 3 is 2.69 bits per heavy atom. The summed E-state index contributed by atoms with van der Waals surface area (Å²) < 4.78 is 12.2. The minimum Gasteiger partial charge on any atom is -0.498 e. The predicted molar refractivity (Wildman–Crippen MR) is 143 cm³/mol. The number of aryl methyl sites for hydroxylation is 1. The van der Waals surface area contributed by atoms with Crippen LogP contribution in [0.3, 0.4) is 0 Å². The molecular weight excluding hydrogens is 434 g/mol. The summed E-state index contributed by atoms with van der Waals surface area (Å²) in [5.41, 5.74) is 7.34. The number of carbonyl (C=O) groups is 1. The topological polar surface area (TPSA) is 51.5 Å². The second-order valence-corrected chi connectivity index (χ2v) is 9.16. The third-order valence-corrected chi connectivity index (χ3v) is 6.33. The van der Waals surface area contributed by atoms with Crippen molar-refractivity contribution in [2.75, 3.05) is 0 Å². The first kappa shape index (κ1) is 22.7. The molecule has 2 unspecified atom stereocenters. The number of hydrogen-bond acceptors (Lipinski definition) is 4. The van der Waals surface area contributed by atoms with E-state index >= 15 is 0 Å². The normalized spacial score (nSPS) is 16.4. The van der Waals surface area contributed by atoms with Gasteiger partial charge in [0.25, 0.3) is 0 Å². The molecule has 1 aromatic heterocycles. The van der Waals surface area contributed by atoms with Gasteiger partial charge in [0, 0.05) is 22.8 Å². The van der Waals surface area contributed by atoms with Gasteiger partial charge in [-0.2, -0.15) is 0 Å². The van der Waals surface area contributed by atoms with Crippen LogP contribution in [-0.2, 0) is 9.53 Å². The van der Waals surface area contributed by atoms with E-state index in [1.54, 1.807) is 13.2 Å². The zero-order chi connectivity index (χ0) is 24.4. The summed E-state index contributed by atoms with van der Waals surface area (Å²) >= 11 is 0. The van der Waals surface area contributed by atoms with Gasteiger partial charge in [0.15, 0.2) is 0 Å². The Kier molecular flexibility index (Phi) is 6.28. The van der Waals surface area contributed by atoms with E-state index < -0.39 is 0 Å². The van der Waals surface area contributed by atoms with Crippen molar-refractivity contribution in [2.45, 2.75) is 39.3 Å². The number of Topliss-reactive ketones (excluding diaryl/α,β-unsaturated/α-hetero) is 1. The molecule has 4 heteroatoms. The lowest BCUT2D eigenvalue weighted by Gasteiger charge is -2.22. The second-order valence-electron chi connectivity index (χ2n) is 9.16. The molecule has 1 aliphatic rings. The third kappa shape index (κ3) is 4.78. The van der Waals surface area contributed by atoms with Crippen LogP contribution in [0.25, 0.3) is 33.6 Å². The quantitative estimate of drug-likeness (QED) is 0.289. The Balaban J connectivity index is 1.59. The van der Waals surface area contributed by atoms with E-state index in [4.69, 9.17) is 9.15 Å². The van der Waals surface area contributed by atoms with Gasteiger partial charge in [-0.05, 0) is 74.0 Å². The number of nitrogens with one attached hydrogen (secondary N) is 1. The molecule has 1 aliphatic heterocycles. The maximum atomic E-state index is 11.4. The van der Waals surface area contributed by atoms with Crippen molar-refractivity contribution in [3.05, 3.63) is 108 Å². The van der Waals surface area contributed by atoms with Crippen molar-refractivity contribution < 1.29 is 13.9 Å². The van der Waals surface area contributed by atoms with Crippen molar-refractivity contribution >= 4 is 39.4 Å². The lowest BCUT2D eigenvalue weighted by Crippen LogP contribution is -2.17. The van der Waals surface area contributed by atoms with E-state index in [-0.39, 0.29) is 17.9 Å². The van der Waals surface area contributed by atoms with E-state index in [0.29, 0.717) is 6.42 Å². The zero-order valence-corrected chi connectivity index (χ0v) is 20.2. The van der Waals surface area contributed by atoms with Gasteiger partial charge in [-0.15, -0.1) is 0 Å². The highest BCUT2D eigenvalue weighted by Gasteiger charge is 2.21. The largest absolute Gasteiger partial charge is 0.498 e. The number of para-hydroxylation sites is 1. The number of ketones is 1. The summed E-state index contributed by atoms with van der Waals surface area (Å²) in [7, 11) is 0. The summed E-state index contributed by atoms with van der Waals surface area (Å²) in [6, 6.07) is 20.8. The van der Waals surface area contributed by atoms with Crippen LogP contribution in [0.4, 0.5) is 0 Å². The van der Waals surface area contributed by atoms with Crippen molar-refractivity contribution in [1.29, 1.82) is 0 Å². The first-order valence-electron chi connectivity index (χ1n) is 12.0. The first-order valence-corrected chi connectivity index (χ1v) is 12.0. The minimum atomic E-state index is -0.175. The number of fused-ring (bicyclic) bond motifs is 3. The Labute approximate surface area is 205 Å². The first-order chi connectivity index (χ1) is 17.0. The Morgan fingerprint density at radius 2 is 1.89 bits per heavy atom. The number of benzene rings is 3. The van der Waals surface area contributed by atoms with E-state index in [1.165, 1.54) is 11.1 Å². The van der Waals surface area contributed by atoms with Gasteiger partial charge >= 0.3 is 0 Å². The molecular formula is C31H29NO3. The van der Waals surface area contributed by atoms with Crippen LogP contribution in [0, 0.1) is 6.92 Å². The molecule has 0 amide bonds. The van der Waals surface area contributed by atoms with Crippen LogP contribution in [0.1, 0.15) is 48.6 Å². The predicted octanol–water partition coefficient (Wildman–Crippen LogP) is 7.49. The maximum absolute atomic E-state index is 11.4. The SMILES string of the molecule is CC(=O)CC(C)O/C=C/c1ccc2c(oc3ccccc32)c1C1C=C(c2ccc(C)cc2)C=CN1. The fraction of sp³-hybridized carbons (Fsp3) is 0.194. The van der Waals surface area contributed by atoms with E-state index in [2.05, 4.69) is 66.9 Å². The molecule has 0 fully saturated rings. The number of allylic oxidation sites excluding steroid dienone is 2. The van der Waals surface area contributed by atoms with Crippen molar-refractivity contribution in [3.8, 4) is 0 Å². The maximum Gasteiger partial charge on any atom is 0.141 e. The molecule has 4 aromatic rings. The summed E-state index contributed by atoms with van der Waals surface area (Å²) in [6.07, 6.45) is 10.2. The highest BCUT2D eigenvalue weighted by molar-refractivity contribution is 6.07. The van der Waals surface area contributed by atoms with Gasteiger partial charge in [-0.3, -0.25) is 4.79 Å². The summed E-state index contributed by atoms with van der Waals surface area (Å²) in [4.78, 5) is 11.4. The standard InChI is InChI=1S/C31H29NO3/c1-20-8-10-23(11-9-20)25-14-16-32-28(19-25)30-24(15-17-34-22(3)18-21(2)33)12-13-27-26-6-4-5-7-29(26)35-31(27)30/h4-17,19,22,28,32H,18H2,1-3H3/b17-15+. The monoisotopic (exact) mass is 463 g/mol. The van der Waals surface area contributed by atoms with E-state index in [1.807, 2.05) is 37.4 Å². The summed E-state index contributed by atoms with van der Waals surface area (Å²) in [6.45, 7) is 5.58. The van der Waals surface area contributed by atoms with Crippen LogP contribution < -0.4 is 5.32 Å². The van der Waals surface area contributed by atoms with Crippen molar-refractivity contribution in [3.63, 3.8) is 0 Å². The Morgan fingerprint density at radius 1 is 1.09 bits per heavy atom. The third-order valence-electron chi connectivity index (χ3n) is 6.33. The highest BCUT2D eigenvalue weighted by Crippen LogP contribution is 2.38. The molecule has 0 bridgehead atoms. The Bertz CT molecular complexity index is 1470. The van der Waals surface area contributed by atoms with Crippen LogP contribution in [0.5, 0.6) is 0 Å². The molecule has 0 spiro atoms. The second kappa shape index (κ2) is 9.67. The lowest BCUT2D eigenvalue weighted by atomic mass is 9.92. The van der Waals surface area contributed by atoms with Gasteiger partial charge in [0.05, 0.1) is 12.3 Å². The fourth-order valence-electron chi connectivity index (χ4n) is 4.62. The van der Waals surface area contributed by atoms with E-state index in [0.717, 1.165) is 38.6 Å². The number of carbonyl (C=O) groups excluding carboxylic acids is 1. The van der Waals surface area contributed by atoms with Gasteiger partial charge in [0.2, 0.25) is 0 Å². The zero-order valence-electron chi connectivity index (χ0n) is 20.2. The molecule has 35 heavy (non-hydrogen) atoms. The molecule has 2 heterocycles. The molecule has 5 rings (SSSR count). The highest BCUT2D eigenvalue weighted by atomic mass is 16.5. The fourth-order valence-corrected chi connectivity index (χ4v) is 4.62. The van der Waals surface area contributed by atoms with Crippen molar-refractivity contribution in [1.82, 2.24) is 5.32 Å². The molecule has 0 aliphatic carbocycles. The van der Waals surface area contributed by atoms with Gasteiger partial charge in [-0.25, -0.2) is 0 Å². The van der Waals surface area contributed by atoms with Crippen LogP contribution in [0.2, 0.25) is 0 Å². The average Bonchev–Trinajstić information content (AvgIpc) is 3.22. The number of dihydropyridines is 1. The molecule has 176 valence electrons. The average molecular weight is 464 g/mol. The molecule has 4 nitrogen and oxygen atoms in total.